The second-order valence-corrected chi connectivity index (χ2v) is 4.19. The van der Waals surface area contributed by atoms with Crippen LogP contribution in [0.25, 0.3) is 0 Å². The maximum atomic E-state index is 9.82. The number of aliphatic hydroxyl groups excluding tert-OH is 1. The Morgan fingerprint density at radius 1 is 1.23 bits per heavy atom. The van der Waals surface area contributed by atoms with Crippen molar-refractivity contribution < 1.29 is 5.11 Å². The van der Waals surface area contributed by atoms with Crippen LogP contribution in [0.1, 0.15) is 51.4 Å². The molecule has 0 aromatic rings. The first-order valence-corrected chi connectivity index (χ1v) is 5.63. The molecule has 0 bridgehead atoms. The quantitative estimate of drug-likeness (QED) is 0.402. The van der Waals surface area contributed by atoms with Gasteiger partial charge in [-0.3, -0.25) is 0 Å². The first-order valence-electron chi connectivity index (χ1n) is 5.63. The Morgan fingerprint density at radius 3 is 2.77 bits per heavy atom. The lowest BCUT2D eigenvalue weighted by Crippen LogP contribution is -2.18. The molecule has 13 heavy (non-hydrogen) atoms. The average Bonchev–Trinajstić information content (AvgIpc) is 2.32. The van der Waals surface area contributed by atoms with E-state index in [1.165, 1.54) is 38.5 Å². The summed E-state index contributed by atoms with van der Waals surface area (Å²) >= 11 is 0. The van der Waals surface area contributed by atoms with E-state index in [0.29, 0.717) is 5.92 Å². The molecule has 1 saturated carbocycles. The highest BCUT2D eigenvalue weighted by Crippen LogP contribution is 2.27. The largest absolute Gasteiger partial charge is 0.393 e. The van der Waals surface area contributed by atoms with Crippen LogP contribution >= 0.6 is 0 Å². The summed E-state index contributed by atoms with van der Waals surface area (Å²) in [4.78, 5) is 0. The van der Waals surface area contributed by atoms with Crippen molar-refractivity contribution in [2.24, 2.45) is 5.92 Å². The Labute approximate surface area is 81.9 Å². The fourth-order valence-corrected chi connectivity index (χ4v) is 2.23. The lowest BCUT2D eigenvalue weighted by molar-refractivity contribution is 0.0948. The predicted molar refractivity (Wildman–Crippen MR) is 56.6 cm³/mol. The van der Waals surface area contributed by atoms with Gasteiger partial charge in [-0.15, -0.1) is 6.58 Å². The summed E-state index contributed by atoms with van der Waals surface area (Å²) in [6, 6.07) is 0. The fraction of sp³-hybridized carbons (Fsp3) is 0.833. The zero-order valence-electron chi connectivity index (χ0n) is 8.54. The molecule has 0 saturated heterocycles. The highest BCUT2D eigenvalue weighted by atomic mass is 16.3. The van der Waals surface area contributed by atoms with Gasteiger partial charge >= 0.3 is 0 Å². The van der Waals surface area contributed by atoms with Crippen LogP contribution in [0.2, 0.25) is 0 Å². The van der Waals surface area contributed by atoms with Crippen molar-refractivity contribution in [1.29, 1.82) is 0 Å². The molecule has 0 amide bonds. The number of aliphatic hydroxyl groups is 1. The van der Waals surface area contributed by atoms with Gasteiger partial charge in [-0.05, 0) is 38.0 Å². The van der Waals surface area contributed by atoms with Gasteiger partial charge in [0.1, 0.15) is 0 Å². The Bertz CT molecular complexity index is 142. The molecule has 1 heteroatoms. The molecule has 1 aliphatic carbocycles. The lowest BCUT2D eigenvalue weighted by Gasteiger charge is -2.19. The molecular formula is C12H22O. The zero-order chi connectivity index (χ0) is 9.52. The SMILES string of the molecule is C=CCCC[C@@H]1CCCCC[C@H]1O. The summed E-state index contributed by atoms with van der Waals surface area (Å²) in [5, 5.41) is 9.82. The molecule has 0 heterocycles. The van der Waals surface area contributed by atoms with Gasteiger partial charge in [0.15, 0.2) is 0 Å². The third kappa shape index (κ3) is 3.95. The summed E-state index contributed by atoms with van der Waals surface area (Å²) in [5.41, 5.74) is 0. The second-order valence-electron chi connectivity index (χ2n) is 4.19. The first-order chi connectivity index (χ1) is 6.34. The number of rotatable bonds is 4. The minimum Gasteiger partial charge on any atom is -0.393 e. The summed E-state index contributed by atoms with van der Waals surface area (Å²) in [6.45, 7) is 3.72. The molecule has 0 radical (unpaired) electrons. The average molecular weight is 182 g/mol. The predicted octanol–water partition coefficient (Wildman–Crippen LogP) is 3.28. The number of allylic oxidation sites excluding steroid dienone is 1. The van der Waals surface area contributed by atoms with Crippen LogP contribution < -0.4 is 0 Å². The smallest absolute Gasteiger partial charge is 0.0568 e. The minimum atomic E-state index is -0.0210. The van der Waals surface area contributed by atoms with Gasteiger partial charge < -0.3 is 5.11 Å². The summed E-state index contributed by atoms with van der Waals surface area (Å²) in [6.07, 6.45) is 11.6. The first kappa shape index (κ1) is 10.8. The maximum Gasteiger partial charge on any atom is 0.0568 e. The van der Waals surface area contributed by atoms with Crippen LogP contribution in [-0.4, -0.2) is 11.2 Å². The molecule has 1 rings (SSSR count). The van der Waals surface area contributed by atoms with E-state index >= 15 is 0 Å². The van der Waals surface area contributed by atoms with E-state index in [0.717, 1.165) is 12.8 Å². The van der Waals surface area contributed by atoms with E-state index in [-0.39, 0.29) is 6.10 Å². The summed E-state index contributed by atoms with van der Waals surface area (Å²) in [7, 11) is 0. The van der Waals surface area contributed by atoms with Gasteiger partial charge in [-0.2, -0.15) is 0 Å². The molecule has 1 fully saturated rings. The van der Waals surface area contributed by atoms with Crippen molar-refractivity contribution in [3.05, 3.63) is 12.7 Å². The number of unbranched alkanes of at least 4 members (excludes halogenated alkanes) is 1. The zero-order valence-corrected chi connectivity index (χ0v) is 8.54. The Kier molecular flexibility index (Phi) is 5.14. The van der Waals surface area contributed by atoms with Crippen LogP contribution in [0.5, 0.6) is 0 Å². The highest BCUT2D eigenvalue weighted by Gasteiger charge is 2.20. The van der Waals surface area contributed by atoms with E-state index < -0.39 is 0 Å². The molecule has 2 atom stereocenters. The molecule has 0 spiro atoms. The summed E-state index contributed by atoms with van der Waals surface area (Å²) < 4.78 is 0. The van der Waals surface area contributed by atoms with E-state index in [1.54, 1.807) is 0 Å². The van der Waals surface area contributed by atoms with Crippen LogP contribution in [-0.2, 0) is 0 Å². The normalized spacial score (nSPS) is 29.6. The Hall–Kier alpha value is -0.300. The lowest BCUT2D eigenvalue weighted by atomic mass is 9.92. The second kappa shape index (κ2) is 6.20. The Morgan fingerprint density at radius 2 is 2.00 bits per heavy atom. The van der Waals surface area contributed by atoms with Crippen molar-refractivity contribution in [2.75, 3.05) is 0 Å². The van der Waals surface area contributed by atoms with Crippen molar-refractivity contribution >= 4 is 0 Å². The van der Waals surface area contributed by atoms with Gasteiger partial charge in [-0.1, -0.05) is 25.3 Å². The van der Waals surface area contributed by atoms with Crippen molar-refractivity contribution in [2.45, 2.75) is 57.5 Å². The van der Waals surface area contributed by atoms with Crippen molar-refractivity contribution in [3.8, 4) is 0 Å². The Balaban J connectivity index is 2.23. The number of hydrogen-bond donors (Lipinski definition) is 1. The van der Waals surface area contributed by atoms with Crippen LogP contribution in [0.4, 0.5) is 0 Å². The topological polar surface area (TPSA) is 20.2 Å². The molecule has 0 aliphatic heterocycles. The van der Waals surface area contributed by atoms with Crippen LogP contribution in [0.3, 0.4) is 0 Å². The van der Waals surface area contributed by atoms with Crippen LogP contribution in [0, 0.1) is 5.92 Å². The summed E-state index contributed by atoms with van der Waals surface area (Å²) in [5.74, 6) is 0.572. The van der Waals surface area contributed by atoms with Gasteiger partial charge in [0.05, 0.1) is 6.10 Å². The fourth-order valence-electron chi connectivity index (χ4n) is 2.23. The van der Waals surface area contributed by atoms with Crippen LogP contribution in [0.15, 0.2) is 12.7 Å². The van der Waals surface area contributed by atoms with E-state index in [9.17, 15) is 5.11 Å². The minimum absolute atomic E-state index is 0.0210. The third-order valence-corrected chi connectivity index (χ3v) is 3.10. The molecule has 0 aromatic carbocycles. The molecule has 0 unspecified atom stereocenters. The number of hydrogen-bond acceptors (Lipinski definition) is 1. The maximum absolute atomic E-state index is 9.82. The molecule has 76 valence electrons. The molecule has 0 aromatic heterocycles. The molecule has 1 N–H and O–H groups in total. The third-order valence-electron chi connectivity index (χ3n) is 3.10. The molecule has 1 aliphatic rings. The van der Waals surface area contributed by atoms with E-state index in [4.69, 9.17) is 0 Å². The van der Waals surface area contributed by atoms with Crippen molar-refractivity contribution in [1.82, 2.24) is 0 Å². The monoisotopic (exact) mass is 182 g/mol. The van der Waals surface area contributed by atoms with Gasteiger partial charge in [0, 0.05) is 0 Å². The molecule has 1 nitrogen and oxygen atoms in total. The van der Waals surface area contributed by atoms with E-state index in [2.05, 4.69) is 6.58 Å². The van der Waals surface area contributed by atoms with Gasteiger partial charge in [0.2, 0.25) is 0 Å². The van der Waals surface area contributed by atoms with E-state index in [1.807, 2.05) is 6.08 Å². The standard InChI is InChI=1S/C12H22O/c1-2-3-5-8-11-9-6-4-7-10-12(11)13/h2,11-13H,1,3-10H2/t11-,12-/m1/s1. The molecular weight excluding hydrogens is 160 g/mol. The highest BCUT2D eigenvalue weighted by molar-refractivity contribution is 4.74. The van der Waals surface area contributed by atoms with Crippen molar-refractivity contribution in [3.63, 3.8) is 0 Å². The van der Waals surface area contributed by atoms with Gasteiger partial charge in [0.25, 0.3) is 0 Å². The van der Waals surface area contributed by atoms with Gasteiger partial charge in [-0.25, -0.2) is 0 Å².